The zero-order chi connectivity index (χ0) is 38.2. The van der Waals surface area contributed by atoms with Crippen molar-refractivity contribution in [2.24, 2.45) is 0 Å². The lowest BCUT2D eigenvalue weighted by Gasteiger charge is -2.40. The second-order valence-electron chi connectivity index (χ2n) is 14.9. The van der Waals surface area contributed by atoms with Crippen molar-refractivity contribution in [2.45, 2.75) is 223 Å². The zero-order valence-corrected chi connectivity index (χ0v) is 32.9. The van der Waals surface area contributed by atoms with Crippen LogP contribution >= 0.6 is 0 Å². The van der Waals surface area contributed by atoms with E-state index in [9.17, 15) is 35.4 Å². The Bertz CT molecular complexity index is 886. The van der Waals surface area contributed by atoms with E-state index >= 15 is 0 Å². The van der Waals surface area contributed by atoms with Crippen LogP contribution in [0.25, 0.3) is 0 Å². The molecule has 8 atom stereocenters. The largest absolute Gasteiger partial charge is 0.394 e. The number of aliphatic hydroxyl groups is 6. The van der Waals surface area contributed by atoms with Gasteiger partial charge in [-0.1, -0.05) is 167 Å². The van der Waals surface area contributed by atoms with Crippen molar-refractivity contribution in [3.05, 3.63) is 24.3 Å². The molecular weight excluding hydrogens is 662 g/mol. The summed E-state index contributed by atoms with van der Waals surface area (Å²) >= 11 is 0. The van der Waals surface area contributed by atoms with Crippen molar-refractivity contribution in [2.75, 3.05) is 13.2 Å². The first-order valence-electron chi connectivity index (χ1n) is 21.2. The summed E-state index contributed by atoms with van der Waals surface area (Å²) in [5.41, 5.74) is 0. The summed E-state index contributed by atoms with van der Waals surface area (Å²) < 4.78 is 11.1. The van der Waals surface area contributed by atoms with E-state index in [0.29, 0.717) is 19.3 Å². The van der Waals surface area contributed by atoms with Crippen LogP contribution in [0.5, 0.6) is 0 Å². The Hall–Kier alpha value is -1.37. The Morgan fingerprint density at radius 3 is 1.67 bits per heavy atom. The molecule has 0 aromatic rings. The second-order valence-corrected chi connectivity index (χ2v) is 14.9. The number of unbranched alkanes of at least 4 members (excludes halogenated alkanes) is 21. The fourth-order valence-electron chi connectivity index (χ4n) is 6.59. The van der Waals surface area contributed by atoms with Crippen LogP contribution in [-0.2, 0) is 14.3 Å². The standard InChI is InChI=1S/C42H79NO9/c1-3-5-7-9-11-13-15-17-19-21-23-25-27-29-31-36(46)41(50)43-34(33-51-42-40(49)39(48)38(47)37(32-44)52-42)35(45)30-28-26-24-22-20-18-16-14-12-10-8-6-4-2/h20,22,28,30,34-40,42,44-49H,3-19,21,23-27,29,31-33H2,1-2H3,(H,43,50)/b22-20+,30-28+. The Morgan fingerprint density at radius 1 is 0.654 bits per heavy atom. The van der Waals surface area contributed by atoms with Gasteiger partial charge in [-0.3, -0.25) is 4.79 Å². The number of carbonyl (C=O) groups excluding carboxylic acids is 1. The van der Waals surface area contributed by atoms with E-state index in [1.54, 1.807) is 6.08 Å². The molecule has 0 aromatic heterocycles. The normalized spacial score (nSPS) is 22.7. The van der Waals surface area contributed by atoms with Gasteiger partial charge in [0.1, 0.15) is 30.5 Å². The quantitative estimate of drug-likeness (QED) is 0.0274. The summed E-state index contributed by atoms with van der Waals surface area (Å²) in [6.07, 6.45) is 26.9. The van der Waals surface area contributed by atoms with Crippen LogP contribution in [0.2, 0.25) is 0 Å². The summed E-state index contributed by atoms with van der Waals surface area (Å²) in [5, 5.41) is 64.4. The lowest BCUT2D eigenvalue weighted by Crippen LogP contribution is -2.60. The molecule has 1 saturated heterocycles. The van der Waals surface area contributed by atoms with Gasteiger partial charge in [0.05, 0.1) is 25.4 Å². The number of amides is 1. The number of ether oxygens (including phenoxy) is 2. The van der Waals surface area contributed by atoms with E-state index in [-0.39, 0.29) is 6.61 Å². The molecule has 1 amide bonds. The van der Waals surface area contributed by atoms with Crippen molar-refractivity contribution < 1.29 is 44.9 Å². The molecule has 1 heterocycles. The van der Waals surface area contributed by atoms with Crippen LogP contribution < -0.4 is 5.32 Å². The van der Waals surface area contributed by atoms with Gasteiger partial charge in [0, 0.05) is 0 Å². The van der Waals surface area contributed by atoms with E-state index in [4.69, 9.17) is 9.47 Å². The molecule has 306 valence electrons. The van der Waals surface area contributed by atoms with Crippen molar-refractivity contribution >= 4 is 5.91 Å². The summed E-state index contributed by atoms with van der Waals surface area (Å²) in [6.45, 7) is 3.56. The number of rotatable bonds is 34. The van der Waals surface area contributed by atoms with Crippen LogP contribution in [0.3, 0.4) is 0 Å². The lowest BCUT2D eigenvalue weighted by atomic mass is 9.99. The topological polar surface area (TPSA) is 169 Å². The van der Waals surface area contributed by atoms with Crippen molar-refractivity contribution in [3.63, 3.8) is 0 Å². The van der Waals surface area contributed by atoms with Crippen LogP contribution in [0, 0.1) is 0 Å². The number of aliphatic hydroxyl groups excluding tert-OH is 6. The van der Waals surface area contributed by atoms with Crippen molar-refractivity contribution in [1.29, 1.82) is 0 Å². The molecule has 1 fully saturated rings. The number of carbonyl (C=O) groups is 1. The van der Waals surface area contributed by atoms with Gasteiger partial charge < -0.3 is 45.4 Å². The summed E-state index contributed by atoms with van der Waals surface area (Å²) in [7, 11) is 0. The number of allylic oxidation sites excluding steroid dienone is 3. The SMILES string of the molecule is CCCCCCCCC/C=C/CC/C=C/C(O)C(COC1OC(CO)C(O)C(O)C1O)NC(=O)C(O)CCCCCCCCCCCCCCCC. The molecule has 8 unspecified atom stereocenters. The first kappa shape index (κ1) is 48.6. The average Bonchev–Trinajstić information content (AvgIpc) is 3.14. The average molecular weight is 742 g/mol. The van der Waals surface area contributed by atoms with E-state index in [2.05, 4.69) is 31.3 Å². The third kappa shape index (κ3) is 23.4. The van der Waals surface area contributed by atoms with Crippen molar-refractivity contribution in [1.82, 2.24) is 5.32 Å². The predicted octanol–water partition coefficient (Wildman–Crippen LogP) is 6.91. The molecule has 52 heavy (non-hydrogen) atoms. The fourth-order valence-corrected chi connectivity index (χ4v) is 6.59. The molecule has 0 spiro atoms. The van der Waals surface area contributed by atoms with Gasteiger partial charge in [-0.15, -0.1) is 0 Å². The second kappa shape index (κ2) is 33.0. The molecule has 0 saturated carbocycles. The van der Waals surface area contributed by atoms with Gasteiger partial charge >= 0.3 is 0 Å². The zero-order valence-electron chi connectivity index (χ0n) is 32.9. The molecule has 0 radical (unpaired) electrons. The van der Waals surface area contributed by atoms with Gasteiger partial charge in [-0.25, -0.2) is 0 Å². The lowest BCUT2D eigenvalue weighted by molar-refractivity contribution is -0.302. The molecule has 0 bridgehead atoms. The summed E-state index contributed by atoms with van der Waals surface area (Å²) in [5.74, 6) is -0.627. The molecule has 10 nitrogen and oxygen atoms in total. The molecular formula is C42H79NO9. The maximum Gasteiger partial charge on any atom is 0.249 e. The van der Waals surface area contributed by atoms with Gasteiger partial charge in [-0.05, 0) is 32.1 Å². The van der Waals surface area contributed by atoms with Crippen LogP contribution in [0.1, 0.15) is 174 Å². The van der Waals surface area contributed by atoms with E-state index < -0.39 is 61.5 Å². The highest BCUT2D eigenvalue weighted by Gasteiger charge is 2.44. The highest BCUT2D eigenvalue weighted by Crippen LogP contribution is 2.22. The van der Waals surface area contributed by atoms with Gasteiger partial charge in [0.2, 0.25) is 5.91 Å². The molecule has 1 rings (SSSR count). The summed E-state index contributed by atoms with van der Waals surface area (Å²) in [4.78, 5) is 13.0. The van der Waals surface area contributed by atoms with Gasteiger partial charge in [-0.2, -0.15) is 0 Å². The van der Waals surface area contributed by atoms with Crippen LogP contribution in [0.15, 0.2) is 24.3 Å². The molecule has 10 heteroatoms. The minimum Gasteiger partial charge on any atom is -0.394 e. The third-order valence-corrected chi connectivity index (χ3v) is 10.1. The number of hydrogen-bond donors (Lipinski definition) is 7. The van der Waals surface area contributed by atoms with Crippen molar-refractivity contribution in [3.8, 4) is 0 Å². The Morgan fingerprint density at radius 2 is 1.13 bits per heavy atom. The first-order valence-corrected chi connectivity index (χ1v) is 21.2. The fraction of sp³-hybridized carbons (Fsp3) is 0.881. The molecule has 7 N–H and O–H groups in total. The minimum atomic E-state index is -1.61. The third-order valence-electron chi connectivity index (χ3n) is 10.1. The Kier molecular flexibility index (Phi) is 30.9. The van der Waals surface area contributed by atoms with E-state index in [1.165, 1.54) is 109 Å². The van der Waals surface area contributed by atoms with Gasteiger partial charge in [0.25, 0.3) is 0 Å². The number of hydrogen-bond acceptors (Lipinski definition) is 9. The molecule has 1 aliphatic rings. The van der Waals surface area contributed by atoms with Crippen LogP contribution in [0.4, 0.5) is 0 Å². The monoisotopic (exact) mass is 742 g/mol. The van der Waals surface area contributed by atoms with E-state index in [0.717, 1.165) is 32.1 Å². The molecule has 0 aromatic carbocycles. The molecule has 0 aliphatic carbocycles. The molecule has 1 aliphatic heterocycles. The number of nitrogens with one attached hydrogen (secondary N) is 1. The van der Waals surface area contributed by atoms with Crippen LogP contribution in [-0.4, -0.2) is 98.7 Å². The highest BCUT2D eigenvalue weighted by atomic mass is 16.7. The predicted molar refractivity (Wildman–Crippen MR) is 209 cm³/mol. The Balaban J connectivity index is 2.50. The summed E-state index contributed by atoms with van der Waals surface area (Å²) in [6, 6.07) is -0.991. The maximum atomic E-state index is 13.0. The van der Waals surface area contributed by atoms with Gasteiger partial charge in [0.15, 0.2) is 6.29 Å². The highest BCUT2D eigenvalue weighted by molar-refractivity contribution is 5.80. The van der Waals surface area contributed by atoms with E-state index in [1.807, 2.05) is 6.08 Å². The Labute approximate surface area is 316 Å². The minimum absolute atomic E-state index is 0.307. The maximum absolute atomic E-state index is 13.0. The first-order chi connectivity index (χ1) is 25.3. The smallest absolute Gasteiger partial charge is 0.249 e.